The molecule has 1 aliphatic heterocycles. The van der Waals surface area contributed by atoms with Gasteiger partial charge in [0, 0.05) is 30.3 Å². The van der Waals surface area contributed by atoms with Gasteiger partial charge in [0.25, 0.3) is 0 Å². The van der Waals surface area contributed by atoms with Crippen molar-refractivity contribution in [1.29, 1.82) is 0 Å². The predicted octanol–water partition coefficient (Wildman–Crippen LogP) is 3.06. The minimum atomic E-state index is -1.51. The van der Waals surface area contributed by atoms with Crippen LogP contribution in [0.2, 0.25) is 0 Å². The van der Waals surface area contributed by atoms with Crippen LogP contribution in [0.1, 0.15) is 17.3 Å². The van der Waals surface area contributed by atoms with E-state index in [0.29, 0.717) is 24.2 Å². The lowest BCUT2D eigenvalue weighted by molar-refractivity contribution is 0.206. The third kappa shape index (κ3) is 3.11. The monoisotopic (exact) mass is 365 g/mol. The first kappa shape index (κ1) is 17.8. The summed E-state index contributed by atoms with van der Waals surface area (Å²) in [6.07, 6.45) is 2.67. The average Bonchev–Trinajstić information content (AvgIpc) is 2.86. The van der Waals surface area contributed by atoms with Crippen LogP contribution in [-0.2, 0) is 12.8 Å². The molecule has 0 bridgehead atoms. The molecule has 4 nitrogen and oxygen atoms in total. The Balaban J connectivity index is 0.00000192. The first-order valence-corrected chi connectivity index (χ1v) is 7.21. The third-order valence-corrected chi connectivity index (χ3v) is 4.04. The van der Waals surface area contributed by atoms with Crippen LogP contribution >= 0.6 is 24.6 Å². The number of halogens is 4. The minimum absolute atomic E-state index is 0. The van der Waals surface area contributed by atoms with Crippen LogP contribution in [-0.4, -0.2) is 22.7 Å². The molecule has 9 heteroatoms. The van der Waals surface area contributed by atoms with Crippen LogP contribution in [0.4, 0.5) is 13.2 Å². The summed E-state index contributed by atoms with van der Waals surface area (Å²) in [5.41, 5.74) is 6.75. The Labute approximate surface area is 141 Å². The van der Waals surface area contributed by atoms with Gasteiger partial charge in [0.1, 0.15) is 6.61 Å². The number of rotatable bonds is 3. The molecular formula is C14H15ClF3N3OS. The first-order valence-electron chi connectivity index (χ1n) is 6.81. The molecule has 3 N–H and O–H groups in total. The Morgan fingerprint density at radius 1 is 1.35 bits per heavy atom. The van der Waals surface area contributed by atoms with Crippen molar-refractivity contribution in [1.82, 2.24) is 9.55 Å². The molecule has 0 unspecified atom stereocenters. The van der Waals surface area contributed by atoms with Crippen LogP contribution < -0.4 is 10.5 Å². The fourth-order valence-corrected chi connectivity index (χ4v) is 3.07. The maximum Gasteiger partial charge on any atom is 0.203 e. The zero-order valence-electron chi connectivity index (χ0n) is 11.9. The number of hydrogen-bond donors (Lipinski definition) is 2. The van der Waals surface area contributed by atoms with E-state index in [0.717, 1.165) is 11.8 Å². The predicted molar refractivity (Wildman–Crippen MR) is 84.2 cm³/mol. The number of aromatic amines is 1. The van der Waals surface area contributed by atoms with Gasteiger partial charge in [0.05, 0.1) is 6.04 Å². The normalized spacial score (nSPS) is 16.4. The van der Waals surface area contributed by atoms with Gasteiger partial charge in [-0.15, -0.1) is 12.4 Å². The van der Waals surface area contributed by atoms with E-state index in [-0.39, 0.29) is 36.4 Å². The van der Waals surface area contributed by atoms with Crippen LogP contribution in [0.25, 0.3) is 0 Å². The summed E-state index contributed by atoms with van der Waals surface area (Å²) in [5.74, 6) is -4.24. The van der Waals surface area contributed by atoms with Gasteiger partial charge in [-0.3, -0.25) is 0 Å². The van der Waals surface area contributed by atoms with E-state index < -0.39 is 17.5 Å². The lowest BCUT2D eigenvalue weighted by Crippen LogP contribution is -2.27. The lowest BCUT2D eigenvalue weighted by atomic mass is 10.0. The number of benzene rings is 1. The molecule has 0 fully saturated rings. The Hall–Kier alpha value is -1.51. The molecule has 1 aromatic carbocycles. The molecule has 0 spiro atoms. The summed E-state index contributed by atoms with van der Waals surface area (Å²) in [5, 5.41) is 0. The summed E-state index contributed by atoms with van der Waals surface area (Å²) in [6.45, 7) is 0.573. The van der Waals surface area contributed by atoms with Crippen molar-refractivity contribution in [3.05, 3.63) is 45.7 Å². The Morgan fingerprint density at radius 2 is 2.09 bits per heavy atom. The number of nitrogens with one attached hydrogen (secondary N) is 1. The van der Waals surface area contributed by atoms with Crippen LogP contribution in [0, 0.1) is 22.2 Å². The van der Waals surface area contributed by atoms with Gasteiger partial charge >= 0.3 is 0 Å². The number of nitrogens with zero attached hydrogens (tertiary/aromatic N) is 1. The van der Waals surface area contributed by atoms with Crippen molar-refractivity contribution in [2.24, 2.45) is 5.73 Å². The van der Waals surface area contributed by atoms with E-state index in [2.05, 4.69) is 4.98 Å². The lowest BCUT2D eigenvalue weighted by Gasteiger charge is -2.28. The van der Waals surface area contributed by atoms with Gasteiger partial charge < -0.3 is 20.0 Å². The fraction of sp³-hybridized carbons (Fsp3) is 0.357. The Kier molecular flexibility index (Phi) is 5.38. The topological polar surface area (TPSA) is 56.0 Å². The van der Waals surface area contributed by atoms with Gasteiger partial charge in [-0.05, 0) is 24.8 Å². The van der Waals surface area contributed by atoms with Crippen molar-refractivity contribution in [2.45, 2.75) is 18.9 Å². The molecule has 2 aromatic rings. The fourth-order valence-electron chi connectivity index (χ4n) is 2.75. The number of fused-ring (bicyclic) bond motifs is 1. The zero-order valence-corrected chi connectivity index (χ0v) is 13.6. The number of hydrogen-bond acceptors (Lipinski definition) is 3. The van der Waals surface area contributed by atoms with E-state index in [4.69, 9.17) is 22.7 Å². The highest BCUT2D eigenvalue weighted by Gasteiger charge is 2.29. The number of ether oxygens (including phenoxy) is 1. The second kappa shape index (κ2) is 6.94. The molecule has 23 heavy (non-hydrogen) atoms. The highest BCUT2D eigenvalue weighted by molar-refractivity contribution is 7.71. The van der Waals surface area contributed by atoms with E-state index in [1.165, 1.54) is 0 Å². The Morgan fingerprint density at radius 3 is 2.78 bits per heavy atom. The summed E-state index contributed by atoms with van der Waals surface area (Å²) >= 11 is 5.24. The summed E-state index contributed by atoms with van der Waals surface area (Å²) in [7, 11) is 0. The van der Waals surface area contributed by atoms with Crippen molar-refractivity contribution < 1.29 is 17.9 Å². The highest BCUT2D eigenvalue weighted by Crippen LogP contribution is 2.35. The first-order chi connectivity index (χ1) is 10.5. The number of nitrogens with two attached hydrogens (primary N) is 1. The van der Waals surface area contributed by atoms with Gasteiger partial charge in [-0.25, -0.2) is 8.78 Å². The van der Waals surface area contributed by atoms with E-state index in [9.17, 15) is 13.2 Å². The number of imidazole rings is 1. The van der Waals surface area contributed by atoms with E-state index >= 15 is 0 Å². The second-order valence-corrected chi connectivity index (χ2v) is 5.52. The molecule has 126 valence electrons. The van der Waals surface area contributed by atoms with Crippen LogP contribution in [0.15, 0.2) is 12.3 Å². The largest absolute Gasteiger partial charge is 0.488 e. The van der Waals surface area contributed by atoms with Gasteiger partial charge in [-0.2, -0.15) is 4.39 Å². The minimum Gasteiger partial charge on any atom is -0.488 e. The molecule has 0 radical (unpaired) electrons. The molecule has 1 aromatic heterocycles. The van der Waals surface area contributed by atoms with Gasteiger partial charge in [0.15, 0.2) is 22.2 Å². The summed E-state index contributed by atoms with van der Waals surface area (Å²) < 4.78 is 48.0. The molecule has 0 saturated carbocycles. The molecule has 0 aliphatic carbocycles. The second-order valence-electron chi connectivity index (χ2n) is 5.14. The zero-order chi connectivity index (χ0) is 15.9. The van der Waals surface area contributed by atoms with Crippen molar-refractivity contribution in [3.8, 4) is 5.75 Å². The molecule has 0 amide bonds. The standard InChI is InChI=1S/C14H14F3N3OS.ClH/c15-10-4-7-3-9(6-21-13(7)12(17)11(10)16)20-8(1-2-18)5-19-14(20)22;/h4-5,9H,1-3,6,18H2,(H,19,22);1H/t9-;/m1./s1. The molecular weight excluding hydrogens is 351 g/mol. The van der Waals surface area contributed by atoms with Crippen molar-refractivity contribution in [3.63, 3.8) is 0 Å². The van der Waals surface area contributed by atoms with Gasteiger partial charge in [-0.1, -0.05) is 0 Å². The van der Waals surface area contributed by atoms with Gasteiger partial charge in [0.2, 0.25) is 5.82 Å². The van der Waals surface area contributed by atoms with Crippen molar-refractivity contribution >= 4 is 24.6 Å². The van der Waals surface area contributed by atoms with E-state index in [1.807, 2.05) is 4.57 Å². The maximum absolute atomic E-state index is 13.7. The summed E-state index contributed by atoms with van der Waals surface area (Å²) in [6, 6.07) is 0.746. The number of aromatic nitrogens is 2. The van der Waals surface area contributed by atoms with Crippen LogP contribution in [0.5, 0.6) is 5.75 Å². The molecule has 1 aliphatic rings. The smallest absolute Gasteiger partial charge is 0.203 e. The number of H-pyrrole nitrogens is 1. The van der Waals surface area contributed by atoms with Crippen LogP contribution in [0.3, 0.4) is 0 Å². The maximum atomic E-state index is 13.7. The SMILES string of the molecule is Cl.NCCc1c[nH]c(=S)n1[C@H]1COc2c(cc(F)c(F)c2F)C1. The molecule has 1 atom stereocenters. The molecule has 0 saturated heterocycles. The summed E-state index contributed by atoms with van der Waals surface area (Å²) in [4.78, 5) is 2.93. The highest BCUT2D eigenvalue weighted by atomic mass is 35.5. The van der Waals surface area contributed by atoms with Crippen molar-refractivity contribution in [2.75, 3.05) is 13.2 Å². The Bertz CT molecular complexity index is 777. The quantitative estimate of drug-likeness (QED) is 0.649. The molecule has 3 rings (SSSR count). The third-order valence-electron chi connectivity index (χ3n) is 3.73. The average molecular weight is 366 g/mol. The molecule has 2 heterocycles. The van der Waals surface area contributed by atoms with E-state index in [1.54, 1.807) is 6.20 Å².